The maximum atomic E-state index is 11.2. The van der Waals surface area contributed by atoms with Gasteiger partial charge >= 0.3 is 0 Å². The van der Waals surface area contributed by atoms with E-state index in [0.717, 1.165) is 27.6 Å². The van der Waals surface area contributed by atoms with Crippen molar-refractivity contribution in [2.24, 2.45) is 20.5 Å². The first-order valence-corrected chi connectivity index (χ1v) is 12.8. The molecule has 0 aliphatic heterocycles. The summed E-state index contributed by atoms with van der Waals surface area (Å²) in [4.78, 5) is 5.40. The fraction of sp³-hybridized carbons (Fsp3) is 0.226. The summed E-state index contributed by atoms with van der Waals surface area (Å²) in [5.74, 6) is 0.857. The summed E-state index contributed by atoms with van der Waals surface area (Å²) in [6.07, 6.45) is 1.80. The first-order chi connectivity index (χ1) is 19.3. The van der Waals surface area contributed by atoms with Gasteiger partial charge in [0.15, 0.2) is 5.75 Å². The van der Waals surface area contributed by atoms with E-state index in [0.29, 0.717) is 51.9 Å². The quantitative estimate of drug-likeness (QED) is 0.154. The Labute approximate surface area is 233 Å². The van der Waals surface area contributed by atoms with Crippen molar-refractivity contribution in [3.8, 4) is 17.2 Å². The highest BCUT2D eigenvalue weighted by atomic mass is 16.6. The van der Waals surface area contributed by atoms with E-state index in [2.05, 4.69) is 32.5 Å². The number of methoxy groups -OCH3 is 2. The lowest BCUT2D eigenvalue weighted by molar-refractivity contribution is 0.211. The Balaban J connectivity index is 1.73. The molecule has 4 aromatic rings. The lowest BCUT2D eigenvalue weighted by Crippen LogP contribution is -2.01. The number of nitrogens with one attached hydrogen (secondary N) is 1. The number of hydrogen-bond acceptors (Lipinski definition) is 9. The maximum absolute atomic E-state index is 11.2. The molecule has 2 N–H and O–H groups in total. The number of phenolic OH excluding ortho intramolecular Hbond substituents is 1. The summed E-state index contributed by atoms with van der Waals surface area (Å²) in [6.45, 7) is 12.0. The third-order valence-corrected chi connectivity index (χ3v) is 6.33. The SMILES string of the molecule is C=Cc1ccc(N=Nc2cc(OC)c(N=Nc3c(C)cc4cc(C)cc(NOCC)c4c3O)cc2OC)cc1C. The van der Waals surface area contributed by atoms with Crippen molar-refractivity contribution in [3.63, 3.8) is 0 Å². The van der Waals surface area contributed by atoms with Crippen LogP contribution < -0.4 is 15.0 Å². The second-order valence-corrected chi connectivity index (χ2v) is 9.18. The van der Waals surface area contributed by atoms with Crippen molar-refractivity contribution in [1.29, 1.82) is 0 Å². The van der Waals surface area contributed by atoms with Gasteiger partial charge in [-0.15, -0.1) is 15.3 Å². The highest BCUT2D eigenvalue weighted by Crippen LogP contribution is 2.45. The van der Waals surface area contributed by atoms with Crippen LogP contribution in [0.25, 0.3) is 16.8 Å². The predicted octanol–water partition coefficient (Wildman–Crippen LogP) is 9.33. The Morgan fingerprint density at radius 2 is 1.52 bits per heavy atom. The van der Waals surface area contributed by atoms with E-state index in [9.17, 15) is 5.11 Å². The number of benzene rings is 4. The topological polar surface area (TPSA) is 109 Å². The van der Waals surface area contributed by atoms with Gasteiger partial charge in [-0.05, 0) is 79.6 Å². The minimum Gasteiger partial charge on any atom is -0.505 e. The molecule has 0 amide bonds. The van der Waals surface area contributed by atoms with Crippen LogP contribution in [0, 0.1) is 20.8 Å². The number of anilines is 1. The van der Waals surface area contributed by atoms with Crippen molar-refractivity contribution in [2.75, 3.05) is 26.3 Å². The van der Waals surface area contributed by atoms with Gasteiger partial charge in [-0.1, -0.05) is 24.8 Å². The van der Waals surface area contributed by atoms with Crippen LogP contribution in [0.5, 0.6) is 17.2 Å². The zero-order valence-corrected chi connectivity index (χ0v) is 23.6. The molecule has 0 aliphatic rings. The summed E-state index contributed by atoms with van der Waals surface area (Å²) in [5.41, 5.74) is 9.35. The van der Waals surface area contributed by atoms with Gasteiger partial charge in [0.25, 0.3) is 0 Å². The minimum atomic E-state index is -0.00456. The second-order valence-electron chi connectivity index (χ2n) is 9.18. The molecule has 0 aliphatic carbocycles. The molecule has 0 spiro atoms. The first kappa shape index (κ1) is 28.3. The molecular formula is C31H33N5O4. The molecule has 0 atom stereocenters. The molecule has 0 unspecified atom stereocenters. The largest absolute Gasteiger partial charge is 0.505 e. The Kier molecular flexibility index (Phi) is 8.76. The van der Waals surface area contributed by atoms with Gasteiger partial charge < -0.3 is 14.6 Å². The first-order valence-electron chi connectivity index (χ1n) is 12.8. The van der Waals surface area contributed by atoms with Gasteiger partial charge in [0, 0.05) is 12.1 Å². The van der Waals surface area contributed by atoms with Gasteiger partial charge in [0.1, 0.15) is 28.6 Å². The molecule has 40 heavy (non-hydrogen) atoms. The van der Waals surface area contributed by atoms with Gasteiger partial charge in [-0.3, -0.25) is 10.3 Å². The molecule has 0 bridgehead atoms. The normalized spacial score (nSPS) is 11.4. The van der Waals surface area contributed by atoms with Crippen molar-refractivity contribution >= 4 is 45.3 Å². The van der Waals surface area contributed by atoms with E-state index in [-0.39, 0.29) is 5.75 Å². The Morgan fingerprint density at radius 1 is 0.850 bits per heavy atom. The van der Waals surface area contributed by atoms with Crippen LogP contribution in [0.1, 0.15) is 29.2 Å². The fourth-order valence-electron chi connectivity index (χ4n) is 4.34. The van der Waals surface area contributed by atoms with Crippen LogP contribution in [0.3, 0.4) is 0 Å². The summed E-state index contributed by atoms with van der Waals surface area (Å²) in [7, 11) is 3.07. The van der Waals surface area contributed by atoms with Crippen LogP contribution in [0.2, 0.25) is 0 Å². The minimum absolute atomic E-state index is 0.00456. The zero-order valence-electron chi connectivity index (χ0n) is 23.6. The molecule has 0 fully saturated rings. The highest BCUT2D eigenvalue weighted by molar-refractivity contribution is 6.02. The molecule has 0 aromatic heterocycles. The number of rotatable bonds is 10. The Morgan fingerprint density at radius 3 is 2.12 bits per heavy atom. The average Bonchev–Trinajstić information content (AvgIpc) is 2.94. The Bertz CT molecular complexity index is 1630. The fourth-order valence-corrected chi connectivity index (χ4v) is 4.34. The van der Waals surface area contributed by atoms with Gasteiger partial charge in [0.05, 0.1) is 37.6 Å². The molecular weight excluding hydrogens is 506 g/mol. The zero-order chi connectivity index (χ0) is 28.8. The standard InChI is InChI=1S/C31H33N5O4/c1-8-21-10-11-23(15-19(21)4)32-33-24-16-28(39-7)25(17-27(24)38-6)34-35-30-20(5)14-22-12-18(3)13-26(36-40-9-2)29(22)31(30)37/h8,10-17,36-37H,1,9H2,2-7H3. The van der Waals surface area contributed by atoms with E-state index < -0.39 is 0 Å². The van der Waals surface area contributed by atoms with Crippen molar-refractivity contribution in [2.45, 2.75) is 27.7 Å². The number of azo groups is 2. The van der Waals surface area contributed by atoms with E-state index in [1.165, 1.54) is 7.11 Å². The van der Waals surface area contributed by atoms with E-state index in [4.69, 9.17) is 14.3 Å². The van der Waals surface area contributed by atoms with Crippen LogP contribution in [-0.2, 0) is 4.84 Å². The third-order valence-electron chi connectivity index (χ3n) is 6.33. The van der Waals surface area contributed by atoms with Crippen LogP contribution in [0.4, 0.5) is 28.4 Å². The van der Waals surface area contributed by atoms with Crippen LogP contribution in [-0.4, -0.2) is 25.9 Å². The van der Waals surface area contributed by atoms with E-state index in [1.807, 2.05) is 64.1 Å². The molecule has 206 valence electrons. The summed E-state index contributed by atoms with van der Waals surface area (Å²) < 4.78 is 11.1. The van der Waals surface area contributed by atoms with Crippen LogP contribution in [0.15, 0.2) is 75.6 Å². The monoisotopic (exact) mass is 539 g/mol. The van der Waals surface area contributed by atoms with Crippen molar-refractivity contribution in [3.05, 3.63) is 77.4 Å². The molecule has 0 saturated heterocycles. The Hall–Kier alpha value is -4.76. The maximum Gasteiger partial charge on any atom is 0.153 e. The second kappa shape index (κ2) is 12.4. The van der Waals surface area contributed by atoms with Gasteiger partial charge in [0.2, 0.25) is 0 Å². The van der Waals surface area contributed by atoms with E-state index >= 15 is 0 Å². The number of hydrogen-bond donors (Lipinski definition) is 2. The molecule has 0 heterocycles. The number of ether oxygens (including phenoxy) is 2. The van der Waals surface area contributed by atoms with E-state index in [1.54, 1.807) is 25.3 Å². The number of aromatic hydroxyl groups is 1. The predicted molar refractivity (Wildman–Crippen MR) is 160 cm³/mol. The number of nitrogens with zero attached hydrogens (tertiary/aromatic N) is 4. The molecule has 9 nitrogen and oxygen atoms in total. The molecule has 0 radical (unpaired) electrons. The lowest BCUT2D eigenvalue weighted by Gasteiger charge is -2.14. The summed E-state index contributed by atoms with van der Waals surface area (Å²) >= 11 is 0. The van der Waals surface area contributed by atoms with Crippen molar-refractivity contribution in [1.82, 2.24) is 0 Å². The summed E-state index contributed by atoms with van der Waals surface area (Å²) in [6, 6.07) is 15.0. The van der Waals surface area contributed by atoms with Gasteiger partial charge in [-0.25, -0.2) is 0 Å². The number of phenols is 1. The molecule has 0 saturated carbocycles. The number of fused-ring (bicyclic) bond motifs is 1. The van der Waals surface area contributed by atoms with Crippen molar-refractivity contribution < 1.29 is 19.4 Å². The highest BCUT2D eigenvalue weighted by Gasteiger charge is 2.16. The van der Waals surface area contributed by atoms with Gasteiger partial charge in [-0.2, -0.15) is 5.11 Å². The third kappa shape index (κ3) is 5.94. The summed E-state index contributed by atoms with van der Waals surface area (Å²) in [5, 5.41) is 30.3. The smallest absolute Gasteiger partial charge is 0.153 e. The average molecular weight is 540 g/mol. The number of aryl methyl sites for hydroxylation is 3. The lowest BCUT2D eigenvalue weighted by atomic mass is 10.0. The molecule has 4 aromatic carbocycles. The molecule has 4 rings (SSSR count). The van der Waals surface area contributed by atoms with Crippen LogP contribution >= 0.6 is 0 Å². The molecule has 9 heteroatoms.